The smallest absolute Gasteiger partial charge is 0.241 e. The Balaban J connectivity index is 1.69. The maximum atomic E-state index is 9.91. The van der Waals surface area contributed by atoms with E-state index in [4.69, 9.17) is 4.52 Å². The third-order valence-corrected chi connectivity index (χ3v) is 3.25. The molecule has 1 aliphatic heterocycles. The molecule has 0 aromatic carbocycles. The minimum absolute atomic E-state index is 0.501. The van der Waals surface area contributed by atoms with E-state index in [0.717, 1.165) is 13.0 Å². The summed E-state index contributed by atoms with van der Waals surface area (Å²) in [5.74, 6) is 1.06. The van der Waals surface area contributed by atoms with Crippen molar-refractivity contribution in [3.63, 3.8) is 0 Å². The van der Waals surface area contributed by atoms with E-state index in [-0.39, 0.29) is 0 Å². The largest absolute Gasteiger partial charge is 0.389 e. The van der Waals surface area contributed by atoms with Crippen molar-refractivity contribution in [2.45, 2.75) is 25.5 Å². The highest BCUT2D eigenvalue weighted by atomic mass is 16.5. The maximum Gasteiger partial charge on any atom is 0.241 e. The molecule has 1 atom stereocenters. The molecule has 1 N–H and O–H groups in total. The molecule has 2 aromatic heterocycles. The van der Waals surface area contributed by atoms with E-state index in [9.17, 15) is 5.11 Å². The van der Waals surface area contributed by atoms with Gasteiger partial charge in [0.05, 0.1) is 12.1 Å². The fourth-order valence-electron chi connectivity index (χ4n) is 2.28. The molecule has 0 bridgehead atoms. The van der Waals surface area contributed by atoms with Gasteiger partial charge in [0.15, 0.2) is 0 Å². The Morgan fingerprint density at radius 2 is 2.37 bits per heavy atom. The van der Waals surface area contributed by atoms with Crippen molar-refractivity contribution in [2.24, 2.45) is 0 Å². The third-order valence-electron chi connectivity index (χ3n) is 3.25. The van der Waals surface area contributed by atoms with Gasteiger partial charge in [-0.2, -0.15) is 4.98 Å². The lowest BCUT2D eigenvalue weighted by atomic mass is 10.1. The van der Waals surface area contributed by atoms with Crippen LogP contribution in [0.15, 0.2) is 28.9 Å². The molecule has 1 fully saturated rings. The van der Waals surface area contributed by atoms with Gasteiger partial charge in [-0.1, -0.05) is 11.2 Å². The summed E-state index contributed by atoms with van der Waals surface area (Å²) >= 11 is 0. The van der Waals surface area contributed by atoms with Crippen molar-refractivity contribution in [2.75, 3.05) is 13.1 Å². The Morgan fingerprint density at radius 3 is 3.05 bits per heavy atom. The van der Waals surface area contributed by atoms with Crippen LogP contribution in [0.25, 0.3) is 11.5 Å². The number of hydrogen-bond acceptors (Lipinski definition) is 6. The molecule has 0 saturated carbocycles. The number of likely N-dealkylation sites (tertiary alicyclic amines) is 1. The zero-order valence-electron chi connectivity index (χ0n) is 10.8. The molecule has 0 aliphatic carbocycles. The SMILES string of the molecule is CC1(O)CCN(Cc2nc(-c3ccccn3)no2)C1. The monoisotopic (exact) mass is 260 g/mol. The standard InChI is InChI=1S/C13H16N4O2/c1-13(18)5-7-17(9-13)8-11-15-12(16-19-11)10-4-2-3-6-14-10/h2-4,6,18H,5,7-9H2,1H3. The van der Waals surface area contributed by atoms with Gasteiger partial charge < -0.3 is 9.63 Å². The summed E-state index contributed by atoms with van der Waals surface area (Å²) in [6.07, 6.45) is 2.47. The highest BCUT2D eigenvalue weighted by molar-refractivity contribution is 5.46. The molecule has 0 spiro atoms. The molecule has 1 aliphatic rings. The molecule has 19 heavy (non-hydrogen) atoms. The molecule has 3 rings (SSSR count). The predicted octanol–water partition coefficient (Wildman–Crippen LogP) is 1.09. The zero-order chi connectivity index (χ0) is 13.3. The van der Waals surface area contributed by atoms with Gasteiger partial charge in [-0.25, -0.2) is 0 Å². The zero-order valence-corrected chi connectivity index (χ0v) is 10.8. The summed E-state index contributed by atoms with van der Waals surface area (Å²) in [5.41, 5.74) is 0.0926. The number of rotatable bonds is 3. The van der Waals surface area contributed by atoms with Gasteiger partial charge in [0, 0.05) is 19.3 Å². The van der Waals surface area contributed by atoms with Crippen LogP contribution in [0.5, 0.6) is 0 Å². The average molecular weight is 260 g/mol. The van der Waals surface area contributed by atoms with Gasteiger partial charge in [0.2, 0.25) is 11.7 Å². The summed E-state index contributed by atoms with van der Waals surface area (Å²) < 4.78 is 5.22. The topological polar surface area (TPSA) is 75.3 Å². The van der Waals surface area contributed by atoms with Gasteiger partial charge in [-0.3, -0.25) is 9.88 Å². The molecule has 1 unspecified atom stereocenters. The van der Waals surface area contributed by atoms with Crippen molar-refractivity contribution in [1.82, 2.24) is 20.0 Å². The van der Waals surface area contributed by atoms with Crippen molar-refractivity contribution < 1.29 is 9.63 Å². The second-order valence-corrected chi connectivity index (χ2v) is 5.18. The lowest BCUT2D eigenvalue weighted by Gasteiger charge is -2.16. The van der Waals surface area contributed by atoms with Crippen LogP contribution in [-0.4, -0.2) is 43.8 Å². The van der Waals surface area contributed by atoms with Crippen LogP contribution in [0.3, 0.4) is 0 Å². The first-order valence-electron chi connectivity index (χ1n) is 6.31. The minimum Gasteiger partial charge on any atom is -0.389 e. The molecule has 100 valence electrons. The number of aliphatic hydroxyl groups is 1. The van der Waals surface area contributed by atoms with E-state index in [1.165, 1.54) is 0 Å². The molecule has 2 aromatic rings. The summed E-state index contributed by atoms with van der Waals surface area (Å²) in [7, 11) is 0. The van der Waals surface area contributed by atoms with Crippen LogP contribution in [0.2, 0.25) is 0 Å². The number of nitrogens with zero attached hydrogens (tertiary/aromatic N) is 4. The third kappa shape index (κ3) is 2.80. The minimum atomic E-state index is -0.607. The van der Waals surface area contributed by atoms with Gasteiger partial charge in [-0.05, 0) is 25.5 Å². The fraction of sp³-hybridized carbons (Fsp3) is 0.462. The number of aromatic nitrogens is 3. The van der Waals surface area contributed by atoms with Gasteiger partial charge in [0.25, 0.3) is 0 Å². The van der Waals surface area contributed by atoms with Crippen LogP contribution < -0.4 is 0 Å². The Labute approximate surface area is 111 Å². The van der Waals surface area contributed by atoms with Gasteiger partial charge in [0.1, 0.15) is 5.69 Å². The highest BCUT2D eigenvalue weighted by Gasteiger charge is 2.32. The van der Waals surface area contributed by atoms with Crippen LogP contribution in [0.1, 0.15) is 19.2 Å². The molecule has 1 saturated heterocycles. The number of pyridine rings is 1. The second kappa shape index (κ2) is 4.71. The lowest BCUT2D eigenvalue weighted by Crippen LogP contribution is -2.29. The molecular formula is C13H16N4O2. The van der Waals surface area contributed by atoms with E-state index in [2.05, 4.69) is 20.0 Å². The van der Waals surface area contributed by atoms with Gasteiger partial charge in [-0.15, -0.1) is 0 Å². The normalized spacial score (nSPS) is 23.9. The molecular weight excluding hydrogens is 244 g/mol. The van der Waals surface area contributed by atoms with Crippen molar-refractivity contribution in [1.29, 1.82) is 0 Å². The Bertz CT molecular complexity index is 553. The molecule has 0 radical (unpaired) electrons. The number of hydrogen-bond donors (Lipinski definition) is 1. The first-order valence-corrected chi connectivity index (χ1v) is 6.31. The summed E-state index contributed by atoms with van der Waals surface area (Å²) in [6, 6.07) is 5.57. The Kier molecular flexibility index (Phi) is 3.04. The highest BCUT2D eigenvalue weighted by Crippen LogP contribution is 2.22. The number of β-amino-alcohol motifs (C(OH)–C–C–N with tert-alkyl or cyclic N) is 1. The molecule has 3 heterocycles. The van der Waals surface area contributed by atoms with E-state index < -0.39 is 5.60 Å². The van der Waals surface area contributed by atoms with Crippen LogP contribution >= 0.6 is 0 Å². The van der Waals surface area contributed by atoms with Crippen molar-refractivity contribution >= 4 is 0 Å². The van der Waals surface area contributed by atoms with Crippen molar-refractivity contribution in [3.8, 4) is 11.5 Å². The summed E-state index contributed by atoms with van der Waals surface area (Å²) in [4.78, 5) is 10.6. The van der Waals surface area contributed by atoms with Crippen LogP contribution in [0.4, 0.5) is 0 Å². The van der Waals surface area contributed by atoms with E-state index in [1.807, 2.05) is 25.1 Å². The Hall–Kier alpha value is -1.79. The molecule has 0 amide bonds. The Morgan fingerprint density at radius 1 is 1.47 bits per heavy atom. The molecule has 6 nitrogen and oxygen atoms in total. The van der Waals surface area contributed by atoms with Crippen LogP contribution in [-0.2, 0) is 6.54 Å². The summed E-state index contributed by atoms with van der Waals surface area (Å²) in [5, 5.41) is 13.8. The maximum absolute atomic E-state index is 9.91. The van der Waals surface area contributed by atoms with E-state index in [0.29, 0.717) is 30.5 Å². The molecule has 6 heteroatoms. The average Bonchev–Trinajstić information content (AvgIpc) is 2.98. The first-order chi connectivity index (χ1) is 9.12. The predicted molar refractivity (Wildman–Crippen MR) is 68.0 cm³/mol. The quantitative estimate of drug-likeness (QED) is 0.890. The summed E-state index contributed by atoms with van der Waals surface area (Å²) in [6.45, 7) is 3.89. The fourth-order valence-corrected chi connectivity index (χ4v) is 2.28. The lowest BCUT2D eigenvalue weighted by molar-refractivity contribution is 0.0665. The second-order valence-electron chi connectivity index (χ2n) is 5.18. The van der Waals surface area contributed by atoms with E-state index in [1.54, 1.807) is 6.20 Å². The van der Waals surface area contributed by atoms with Gasteiger partial charge >= 0.3 is 0 Å². The first kappa shape index (κ1) is 12.3. The van der Waals surface area contributed by atoms with E-state index >= 15 is 0 Å². The van der Waals surface area contributed by atoms with Crippen LogP contribution in [0, 0.1) is 0 Å². The van der Waals surface area contributed by atoms with Crippen molar-refractivity contribution in [3.05, 3.63) is 30.3 Å².